The molecule has 0 aliphatic heterocycles. The Hall–Kier alpha value is -3.43. The van der Waals surface area contributed by atoms with E-state index in [4.69, 9.17) is 0 Å². The van der Waals surface area contributed by atoms with E-state index in [1.807, 2.05) is 0 Å². The number of hydrogen-bond acceptors (Lipinski definition) is 4. The first kappa shape index (κ1) is 19.3. The molecule has 0 fully saturated rings. The number of rotatable bonds is 5. The van der Waals surface area contributed by atoms with Crippen LogP contribution < -0.4 is 10.9 Å². The molecule has 146 valence electrons. The van der Waals surface area contributed by atoms with Gasteiger partial charge in [-0.05, 0) is 37.3 Å². The van der Waals surface area contributed by atoms with E-state index in [-0.39, 0.29) is 5.69 Å². The quantitative estimate of drug-likeness (QED) is 0.392. The molecule has 1 amide bonds. The van der Waals surface area contributed by atoms with Gasteiger partial charge in [0.2, 0.25) is 5.95 Å². The zero-order chi connectivity index (χ0) is 20.3. The van der Waals surface area contributed by atoms with Crippen molar-refractivity contribution < 1.29 is 22.4 Å². The topological polar surface area (TPSA) is 71.8 Å². The minimum Gasteiger partial charge on any atom is -0.297 e. The van der Waals surface area contributed by atoms with Gasteiger partial charge in [-0.15, -0.1) is 0 Å². The fraction of sp³-hybridized carbons (Fsp3) is 0.167. The maximum atomic E-state index is 12.8. The minimum atomic E-state index is -4.42. The first-order chi connectivity index (χ1) is 13.3. The van der Waals surface area contributed by atoms with Gasteiger partial charge in [0.05, 0.1) is 23.1 Å². The van der Waals surface area contributed by atoms with Crippen molar-refractivity contribution in [3.8, 4) is 11.3 Å². The van der Waals surface area contributed by atoms with E-state index in [0.29, 0.717) is 23.5 Å². The standard InChI is InChI=1S/C18H15F4N5O/c1-2-27-15(17(28)25-24-13-7-8-16(19)23-10-13)9-14(26-27)11-3-5-12(6-4-11)18(20,21)22/h3-10,24H,2H2,1H3,(H,25,28). The molecule has 0 radical (unpaired) electrons. The molecular formula is C18H15F4N5O. The second kappa shape index (κ2) is 7.67. The molecule has 1 aromatic carbocycles. The molecule has 2 N–H and O–H groups in total. The molecule has 0 unspecified atom stereocenters. The van der Waals surface area contributed by atoms with Gasteiger partial charge in [0.15, 0.2) is 0 Å². The summed E-state index contributed by atoms with van der Waals surface area (Å²) >= 11 is 0. The molecule has 6 nitrogen and oxygen atoms in total. The lowest BCUT2D eigenvalue weighted by Crippen LogP contribution is -2.31. The monoisotopic (exact) mass is 393 g/mol. The highest BCUT2D eigenvalue weighted by molar-refractivity contribution is 5.94. The summed E-state index contributed by atoms with van der Waals surface area (Å²) in [5, 5.41) is 4.26. The van der Waals surface area contributed by atoms with Crippen LogP contribution in [0.4, 0.5) is 23.2 Å². The Bertz CT molecular complexity index is 965. The molecule has 0 aliphatic rings. The fourth-order valence-electron chi connectivity index (χ4n) is 2.45. The molecule has 28 heavy (non-hydrogen) atoms. The van der Waals surface area contributed by atoms with Crippen LogP contribution in [0.5, 0.6) is 0 Å². The highest BCUT2D eigenvalue weighted by Gasteiger charge is 2.30. The number of hydrogen-bond donors (Lipinski definition) is 2. The number of carbonyl (C=O) groups is 1. The van der Waals surface area contributed by atoms with E-state index in [1.54, 1.807) is 6.92 Å². The number of alkyl halides is 3. The predicted molar refractivity (Wildman–Crippen MR) is 93.6 cm³/mol. The molecule has 0 saturated carbocycles. The highest BCUT2D eigenvalue weighted by atomic mass is 19.4. The Kier molecular flexibility index (Phi) is 5.30. The largest absolute Gasteiger partial charge is 0.416 e. The van der Waals surface area contributed by atoms with Gasteiger partial charge in [0.1, 0.15) is 5.69 Å². The Morgan fingerprint density at radius 2 is 1.86 bits per heavy atom. The molecule has 3 rings (SSSR count). The van der Waals surface area contributed by atoms with Crippen molar-refractivity contribution in [2.24, 2.45) is 0 Å². The lowest BCUT2D eigenvalue weighted by Gasteiger charge is -2.08. The van der Waals surface area contributed by atoms with Crippen LogP contribution >= 0.6 is 0 Å². The minimum absolute atomic E-state index is 0.208. The van der Waals surface area contributed by atoms with Crippen LogP contribution in [0.3, 0.4) is 0 Å². The van der Waals surface area contributed by atoms with Crippen LogP contribution in [0.25, 0.3) is 11.3 Å². The number of nitrogens with one attached hydrogen (secondary N) is 2. The van der Waals surface area contributed by atoms with E-state index < -0.39 is 23.6 Å². The molecule has 2 aromatic heterocycles. The Morgan fingerprint density at radius 3 is 2.43 bits per heavy atom. The molecule has 0 saturated heterocycles. The van der Waals surface area contributed by atoms with E-state index in [2.05, 4.69) is 20.9 Å². The molecule has 0 bridgehead atoms. The van der Waals surface area contributed by atoms with Crippen LogP contribution in [-0.2, 0) is 12.7 Å². The summed E-state index contributed by atoms with van der Waals surface area (Å²) in [5.41, 5.74) is 5.68. The van der Waals surface area contributed by atoms with Crippen LogP contribution in [0, 0.1) is 5.95 Å². The molecular weight excluding hydrogens is 378 g/mol. The number of aromatic nitrogens is 3. The maximum absolute atomic E-state index is 12.8. The highest BCUT2D eigenvalue weighted by Crippen LogP contribution is 2.30. The van der Waals surface area contributed by atoms with Gasteiger partial charge in [0.25, 0.3) is 5.91 Å². The second-order valence-electron chi connectivity index (χ2n) is 5.75. The van der Waals surface area contributed by atoms with Gasteiger partial charge in [-0.2, -0.15) is 22.7 Å². The summed E-state index contributed by atoms with van der Waals surface area (Å²) in [6.07, 6.45) is -3.21. The molecule has 0 atom stereocenters. The summed E-state index contributed by atoms with van der Waals surface area (Å²) in [6, 6.07) is 8.53. The predicted octanol–water partition coefficient (Wildman–Crippen LogP) is 3.88. The van der Waals surface area contributed by atoms with Crippen LogP contribution in [0.2, 0.25) is 0 Å². The van der Waals surface area contributed by atoms with Gasteiger partial charge < -0.3 is 0 Å². The fourth-order valence-corrected chi connectivity index (χ4v) is 2.45. The summed E-state index contributed by atoms with van der Waals surface area (Å²) in [5.74, 6) is -1.17. The van der Waals surface area contributed by atoms with Crippen molar-refractivity contribution in [1.29, 1.82) is 0 Å². The number of amides is 1. The number of benzene rings is 1. The average molecular weight is 393 g/mol. The second-order valence-corrected chi connectivity index (χ2v) is 5.75. The van der Waals surface area contributed by atoms with E-state index in [1.165, 1.54) is 35.1 Å². The van der Waals surface area contributed by atoms with E-state index >= 15 is 0 Å². The Morgan fingerprint density at radius 1 is 1.14 bits per heavy atom. The third-order valence-electron chi connectivity index (χ3n) is 3.87. The SMILES string of the molecule is CCn1nc(-c2ccc(C(F)(F)F)cc2)cc1C(=O)NNc1ccc(F)nc1. The Balaban J connectivity index is 1.78. The first-order valence-electron chi connectivity index (χ1n) is 8.21. The van der Waals surface area contributed by atoms with E-state index in [0.717, 1.165) is 18.2 Å². The van der Waals surface area contributed by atoms with Crippen LogP contribution in [-0.4, -0.2) is 20.7 Å². The van der Waals surface area contributed by atoms with Gasteiger partial charge in [-0.1, -0.05) is 12.1 Å². The van der Waals surface area contributed by atoms with Crippen molar-refractivity contribution >= 4 is 11.6 Å². The van der Waals surface area contributed by atoms with Crippen LogP contribution in [0.15, 0.2) is 48.7 Å². The summed E-state index contributed by atoms with van der Waals surface area (Å²) in [6.45, 7) is 2.15. The number of halogens is 4. The molecule has 10 heteroatoms. The third-order valence-corrected chi connectivity index (χ3v) is 3.87. The molecule has 3 aromatic rings. The molecule has 2 heterocycles. The number of pyridine rings is 1. The van der Waals surface area contributed by atoms with Crippen molar-refractivity contribution in [3.63, 3.8) is 0 Å². The Labute approximate surface area is 157 Å². The zero-order valence-corrected chi connectivity index (χ0v) is 14.6. The first-order valence-corrected chi connectivity index (χ1v) is 8.21. The average Bonchev–Trinajstić information content (AvgIpc) is 3.11. The lowest BCUT2D eigenvalue weighted by atomic mass is 10.1. The molecule has 0 aliphatic carbocycles. The van der Waals surface area contributed by atoms with Gasteiger partial charge in [-0.25, -0.2) is 4.98 Å². The number of aryl methyl sites for hydroxylation is 1. The number of carbonyl (C=O) groups excluding carboxylic acids is 1. The van der Waals surface area contributed by atoms with Crippen molar-refractivity contribution in [2.45, 2.75) is 19.6 Å². The summed E-state index contributed by atoms with van der Waals surface area (Å²) in [4.78, 5) is 15.9. The third kappa shape index (κ3) is 4.27. The van der Waals surface area contributed by atoms with Gasteiger partial charge in [0, 0.05) is 12.1 Å². The smallest absolute Gasteiger partial charge is 0.297 e. The zero-order valence-electron chi connectivity index (χ0n) is 14.6. The summed E-state index contributed by atoms with van der Waals surface area (Å²) < 4.78 is 52.3. The van der Waals surface area contributed by atoms with Gasteiger partial charge >= 0.3 is 6.18 Å². The van der Waals surface area contributed by atoms with Crippen molar-refractivity contribution in [2.75, 3.05) is 5.43 Å². The number of nitrogens with zero attached hydrogens (tertiary/aromatic N) is 3. The molecule has 0 spiro atoms. The van der Waals surface area contributed by atoms with E-state index in [9.17, 15) is 22.4 Å². The maximum Gasteiger partial charge on any atom is 0.416 e. The van der Waals surface area contributed by atoms with Crippen LogP contribution in [0.1, 0.15) is 23.0 Å². The lowest BCUT2D eigenvalue weighted by molar-refractivity contribution is -0.137. The number of hydrazine groups is 1. The summed E-state index contributed by atoms with van der Waals surface area (Å²) in [7, 11) is 0. The van der Waals surface area contributed by atoms with Gasteiger partial charge in [-0.3, -0.25) is 20.3 Å². The normalized spacial score (nSPS) is 11.3. The number of anilines is 1. The van der Waals surface area contributed by atoms with Crippen molar-refractivity contribution in [3.05, 3.63) is 65.9 Å². The van der Waals surface area contributed by atoms with Crippen molar-refractivity contribution in [1.82, 2.24) is 20.2 Å².